The van der Waals surface area contributed by atoms with Gasteiger partial charge in [-0.2, -0.15) is 0 Å². The van der Waals surface area contributed by atoms with E-state index >= 15 is 0 Å². The van der Waals surface area contributed by atoms with Crippen LogP contribution in [-0.4, -0.2) is 9.97 Å². The molecular formula is C30H32N2. The zero-order chi connectivity index (χ0) is 22.8. The molecule has 0 unspecified atom stereocenters. The molecule has 162 valence electrons. The van der Waals surface area contributed by atoms with Crippen LogP contribution in [0.5, 0.6) is 0 Å². The van der Waals surface area contributed by atoms with Gasteiger partial charge in [0, 0.05) is 18.3 Å². The number of aryl methyl sites for hydroxylation is 6. The van der Waals surface area contributed by atoms with Gasteiger partial charge in [0.25, 0.3) is 0 Å². The van der Waals surface area contributed by atoms with Gasteiger partial charge in [0.15, 0.2) is 0 Å². The van der Waals surface area contributed by atoms with Gasteiger partial charge < -0.3 is 0 Å². The van der Waals surface area contributed by atoms with E-state index < -0.39 is 0 Å². The molecule has 0 saturated heterocycles. The van der Waals surface area contributed by atoms with Crippen molar-refractivity contribution in [3.63, 3.8) is 0 Å². The number of rotatable bonds is 5. The van der Waals surface area contributed by atoms with Crippen molar-refractivity contribution in [1.82, 2.24) is 9.97 Å². The first kappa shape index (κ1) is 22.0. The Morgan fingerprint density at radius 1 is 0.469 bits per heavy atom. The molecule has 0 saturated carbocycles. The Kier molecular flexibility index (Phi) is 6.23. The highest BCUT2D eigenvalue weighted by atomic mass is 14.7. The third-order valence-corrected chi connectivity index (χ3v) is 6.36. The summed E-state index contributed by atoms with van der Waals surface area (Å²) in [6.07, 6.45) is 3.94. The number of nitrogens with zero attached hydrogens (tertiary/aromatic N) is 2. The molecule has 32 heavy (non-hydrogen) atoms. The molecule has 0 amide bonds. The Balaban J connectivity index is 2.01. The number of aromatic nitrogens is 2. The third-order valence-electron chi connectivity index (χ3n) is 6.36. The molecule has 0 spiro atoms. The van der Waals surface area contributed by atoms with Crippen LogP contribution in [0.4, 0.5) is 0 Å². The van der Waals surface area contributed by atoms with Gasteiger partial charge in [0.2, 0.25) is 0 Å². The van der Waals surface area contributed by atoms with Crippen molar-refractivity contribution >= 4 is 0 Å². The monoisotopic (exact) mass is 420 g/mol. The Bertz CT molecular complexity index is 1120. The van der Waals surface area contributed by atoms with Crippen LogP contribution < -0.4 is 0 Å². The minimum Gasteiger partial charge on any atom is -0.260 e. The number of benzene rings is 2. The fourth-order valence-corrected chi connectivity index (χ4v) is 4.70. The van der Waals surface area contributed by atoms with E-state index in [1.165, 1.54) is 44.5 Å². The van der Waals surface area contributed by atoms with Crippen molar-refractivity contribution in [3.05, 3.63) is 129 Å². The van der Waals surface area contributed by atoms with E-state index in [9.17, 15) is 0 Å². The molecule has 2 aromatic heterocycles. The van der Waals surface area contributed by atoms with Gasteiger partial charge >= 0.3 is 0 Å². The van der Waals surface area contributed by atoms with Gasteiger partial charge in [-0.05, 0) is 87.1 Å². The molecular weight excluding hydrogens is 388 g/mol. The highest BCUT2D eigenvalue weighted by Gasteiger charge is 2.32. The summed E-state index contributed by atoms with van der Waals surface area (Å²) >= 11 is 0. The SMILES string of the molecule is Cc1ccc(C(c2ccc(C)cn2)C(c2ccc(C)cc2C)c2ccc(C)cc2C)nc1. The Hall–Kier alpha value is -3.26. The standard InChI is InChI=1S/C30H32N2/c1-19-7-11-25(23(5)15-19)29(26-12-8-20(2)16-24(26)6)30(27-13-9-21(3)17-31-27)28-14-10-22(4)18-32-28/h7-18,29-30H,1-6H3. The van der Waals surface area contributed by atoms with Crippen LogP contribution >= 0.6 is 0 Å². The molecule has 0 aliphatic heterocycles. The second-order valence-corrected chi connectivity index (χ2v) is 9.20. The summed E-state index contributed by atoms with van der Waals surface area (Å²) in [7, 11) is 0. The zero-order valence-corrected chi connectivity index (χ0v) is 20.0. The molecule has 0 fully saturated rings. The number of hydrogen-bond acceptors (Lipinski definition) is 2. The quantitative estimate of drug-likeness (QED) is 0.339. The lowest BCUT2D eigenvalue weighted by molar-refractivity contribution is 0.649. The van der Waals surface area contributed by atoms with Crippen LogP contribution in [0, 0.1) is 41.5 Å². The summed E-state index contributed by atoms with van der Waals surface area (Å²) in [5, 5.41) is 0. The molecule has 2 heteroatoms. The van der Waals surface area contributed by atoms with Gasteiger partial charge in [-0.1, -0.05) is 59.7 Å². The van der Waals surface area contributed by atoms with Crippen molar-refractivity contribution in [2.24, 2.45) is 0 Å². The predicted molar refractivity (Wildman–Crippen MR) is 133 cm³/mol. The van der Waals surface area contributed by atoms with E-state index in [0.717, 1.165) is 11.4 Å². The summed E-state index contributed by atoms with van der Waals surface area (Å²) in [5.74, 6) is 0.126. The van der Waals surface area contributed by atoms with E-state index in [1.54, 1.807) is 0 Å². The van der Waals surface area contributed by atoms with Gasteiger partial charge in [0.05, 0.1) is 17.3 Å². The molecule has 0 bridgehead atoms. The van der Waals surface area contributed by atoms with Crippen LogP contribution in [0.1, 0.15) is 67.7 Å². The molecule has 0 atom stereocenters. The van der Waals surface area contributed by atoms with Crippen LogP contribution in [0.2, 0.25) is 0 Å². The summed E-state index contributed by atoms with van der Waals surface area (Å²) in [5.41, 5.74) is 12.3. The van der Waals surface area contributed by atoms with E-state index in [1.807, 2.05) is 12.4 Å². The average Bonchev–Trinajstić information content (AvgIpc) is 2.75. The van der Waals surface area contributed by atoms with Crippen molar-refractivity contribution in [1.29, 1.82) is 0 Å². The highest BCUT2D eigenvalue weighted by molar-refractivity contribution is 5.48. The fourth-order valence-electron chi connectivity index (χ4n) is 4.70. The lowest BCUT2D eigenvalue weighted by Crippen LogP contribution is -2.19. The molecule has 0 aliphatic rings. The lowest BCUT2D eigenvalue weighted by Gasteiger charge is -2.30. The summed E-state index contributed by atoms with van der Waals surface area (Å²) in [6.45, 7) is 12.9. The van der Waals surface area contributed by atoms with Gasteiger partial charge in [-0.25, -0.2) is 0 Å². The van der Waals surface area contributed by atoms with Crippen LogP contribution in [0.25, 0.3) is 0 Å². The maximum atomic E-state index is 4.90. The highest BCUT2D eigenvalue weighted by Crippen LogP contribution is 2.44. The molecule has 2 heterocycles. The number of pyridine rings is 2. The lowest BCUT2D eigenvalue weighted by atomic mass is 9.74. The normalized spacial score (nSPS) is 11.4. The molecule has 0 N–H and O–H groups in total. The Morgan fingerprint density at radius 3 is 1.22 bits per heavy atom. The van der Waals surface area contributed by atoms with Gasteiger partial charge in [-0.15, -0.1) is 0 Å². The first-order chi connectivity index (χ1) is 15.3. The minimum atomic E-state index is 0.0130. The molecule has 4 rings (SSSR count). The van der Waals surface area contributed by atoms with E-state index in [0.29, 0.717) is 0 Å². The maximum Gasteiger partial charge on any atom is 0.0545 e. The molecule has 2 nitrogen and oxygen atoms in total. The first-order valence-electron chi connectivity index (χ1n) is 11.3. The zero-order valence-electron chi connectivity index (χ0n) is 20.0. The van der Waals surface area contributed by atoms with Crippen LogP contribution in [0.3, 0.4) is 0 Å². The summed E-state index contributed by atoms with van der Waals surface area (Å²) in [4.78, 5) is 9.81. The fraction of sp³-hybridized carbons (Fsp3) is 0.267. The topological polar surface area (TPSA) is 25.8 Å². The average molecular weight is 421 g/mol. The second kappa shape index (κ2) is 9.08. The van der Waals surface area contributed by atoms with Gasteiger partial charge in [-0.3, -0.25) is 9.97 Å². The Morgan fingerprint density at radius 2 is 0.875 bits per heavy atom. The van der Waals surface area contributed by atoms with Crippen molar-refractivity contribution < 1.29 is 0 Å². The first-order valence-corrected chi connectivity index (χ1v) is 11.3. The Labute approximate surface area is 192 Å². The van der Waals surface area contributed by atoms with Crippen LogP contribution in [-0.2, 0) is 0 Å². The third kappa shape index (κ3) is 4.50. The number of hydrogen-bond donors (Lipinski definition) is 0. The van der Waals surface area contributed by atoms with Crippen LogP contribution in [0.15, 0.2) is 73.1 Å². The molecule has 0 aliphatic carbocycles. The smallest absolute Gasteiger partial charge is 0.0545 e. The van der Waals surface area contributed by atoms with Crippen molar-refractivity contribution in [2.45, 2.75) is 53.4 Å². The van der Waals surface area contributed by atoms with E-state index in [-0.39, 0.29) is 11.8 Å². The maximum absolute atomic E-state index is 4.90. The minimum absolute atomic E-state index is 0.0130. The predicted octanol–water partition coefficient (Wildman–Crippen LogP) is 7.29. The largest absolute Gasteiger partial charge is 0.260 e. The molecule has 4 aromatic rings. The van der Waals surface area contributed by atoms with E-state index in [4.69, 9.17) is 9.97 Å². The summed E-state index contributed by atoms with van der Waals surface area (Å²) < 4.78 is 0. The van der Waals surface area contributed by atoms with E-state index in [2.05, 4.69) is 102 Å². The molecule has 2 aromatic carbocycles. The summed E-state index contributed by atoms with van der Waals surface area (Å²) in [6, 6.07) is 22.3. The van der Waals surface area contributed by atoms with Crippen molar-refractivity contribution in [2.75, 3.05) is 0 Å². The molecule has 0 radical (unpaired) electrons. The van der Waals surface area contributed by atoms with Crippen molar-refractivity contribution in [3.8, 4) is 0 Å². The second-order valence-electron chi connectivity index (χ2n) is 9.20. The van der Waals surface area contributed by atoms with Gasteiger partial charge in [0.1, 0.15) is 0 Å².